The molecule has 0 aliphatic rings. The quantitative estimate of drug-likeness (QED) is 0.345. The number of carbonyl (C=O) groups excluding carboxylic acids is 1. The van der Waals surface area contributed by atoms with Gasteiger partial charge in [0.2, 0.25) is 10.0 Å². The van der Waals surface area contributed by atoms with Gasteiger partial charge in [-0.2, -0.15) is 0 Å². The molecule has 3 aromatic rings. The number of carbonyl (C=O) groups is 1. The second-order valence-electron chi connectivity index (χ2n) is 6.01. The van der Waals surface area contributed by atoms with E-state index in [9.17, 15) is 13.2 Å². The minimum atomic E-state index is -3.60. The molecular weight excluding hydrogens is 392 g/mol. The van der Waals surface area contributed by atoms with Gasteiger partial charge in [-0.25, -0.2) is 18.9 Å². The molecule has 146 valence electrons. The number of rotatable bonds is 4. The average molecular weight is 408 g/mol. The lowest BCUT2D eigenvalue weighted by molar-refractivity contribution is 0.0706. The second kappa shape index (κ2) is 8.52. The lowest BCUT2D eigenvalue weighted by Gasteiger charge is -2.09. The molecule has 0 saturated heterocycles. The Kier molecular flexibility index (Phi) is 5.87. The summed E-state index contributed by atoms with van der Waals surface area (Å²) in [5.74, 6) is 5.20. The summed E-state index contributed by atoms with van der Waals surface area (Å²) in [4.78, 5) is 20.0. The van der Waals surface area contributed by atoms with Crippen molar-refractivity contribution in [1.82, 2.24) is 15.4 Å². The Balaban J connectivity index is 1.94. The third-order valence-corrected chi connectivity index (χ3v) is 4.25. The lowest BCUT2D eigenvalue weighted by Crippen LogP contribution is -2.20. The predicted molar refractivity (Wildman–Crippen MR) is 108 cm³/mol. The molecule has 0 radical (unpaired) electrons. The zero-order valence-corrected chi connectivity index (χ0v) is 16.1. The maximum absolute atomic E-state index is 11.8. The fourth-order valence-corrected chi connectivity index (χ4v) is 2.91. The van der Waals surface area contributed by atoms with Gasteiger partial charge in [-0.05, 0) is 36.4 Å². The molecule has 0 bridgehead atoms. The number of pyridine rings is 2. The van der Waals surface area contributed by atoms with E-state index in [2.05, 4.69) is 26.5 Å². The van der Waals surface area contributed by atoms with E-state index < -0.39 is 15.9 Å². The van der Waals surface area contributed by atoms with Crippen LogP contribution in [0.15, 0.2) is 60.9 Å². The van der Waals surface area contributed by atoms with Gasteiger partial charge in [0.15, 0.2) is 0 Å². The first kappa shape index (κ1) is 20.0. The summed E-state index contributed by atoms with van der Waals surface area (Å²) < 4.78 is 25.3. The van der Waals surface area contributed by atoms with Crippen molar-refractivity contribution in [3.63, 3.8) is 0 Å². The minimum absolute atomic E-state index is 0.0379. The molecule has 3 N–H and O–H groups in total. The number of amides is 1. The van der Waals surface area contributed by atoms with Crippen LogP contribution in [0.3, 0.4) is 0 Å². The van der Waals surface area contributed by atoms with Crippen molar-refractivity contribution in [2.24, 2.45) is 0 Å². The molecule has 8 nitrogen and oxygen atoms in total. The highest BCUT2D eigenvalue weighted by Gasteiger charge is 2.13. The van der Waals surface area contributed by atoms with Crippen molar-refractivity contribution in [3.8, 4) is 23.1 Å². The highest BCUT2D eigenvalue weighted by atomic mass is 32.2. The van der Waals surface area contributed by atoms with Crippen LogP contribution in [-0.2, 0) is 10.0 Å². The van der Waals surface area contributed by atoms with Crippen molar-refractivity contribution < 1.29 is 18.4 Å². The van der Waals surface area contributed by atoms with E-state index in [4.69, 9.17) is 5.21 Å². The van der Waals surface area contributed by atoms with Gasteiger partial charge in [-0.3, -0.25) is 19.7 Å². The number of benzene rings is 1. The Bertz CT molecular complexity index is 1200. The summed E-state index contributed by atoms with van der Waals surface area (Å²) in [7, 11) is -3.60. The SMILES string of the molecule is CS(=O)(=O)Nc1cc(C(=O)NO)cc(-c2ccc(C#Cc3cccnc3)cc2)n1. The van der Waals surface area contributed by atoms with Gasteiger partial charge in [-0.15, -0.1) is 0 Å². The molecule has 2 aromatic heterocycles. The Labute approximate surface area is 167 Å². The number of hydroxylamine groups is 1. The fraction of sp³-hybridized carbons (Fsp3) is 0.0500. The van der Waals surface area contributed by atoms with E-state index in [-0.39, 0.29) is 11.4 Å². The van der Waals surface area contributed by atoms with Crippen LogP contribution in [0.25, 0.3) is 11.3 Å². The van der Waals surface area contributed by atoms with Crippen LogP contribution < -0.4 is 10.2 Å². The zero-order valence-electron chi connectivity index (χ0n) is 15.2. The number of nitrogens with one attached hydrogen (secondary N) is 2. The summed E-state index contributed by atoms with van der Waals surface area (Å²) in [5, 5.41) is 8.88. The maximum atomic E-state index is 11.8. The minimum Gasteiger partial charge on any atom is -0.288 e. The number of aromatic nitrogens is 2. The molecule has 1 amide bonds. The van der Waals surface area contributed by atoms with Gasteiger partial charge in [-0.1, -0.05) is 24.0 Å². The molecule has 0 aliphatic carbocycles. The molecule has 0 fully saturated rings. The Morgan fingerprint density at radius 1 is 1.07 bits per heavy atom. The van der Waals surface area contributed by atoms with Crippen LogP contribution in [0.4, 0.5) is 5.82 Å². The van der Waals surface area contributed by atoms with Crippen LogP contribution in [-0.4, -0.2) is 35.8 Å². The van der Waals surface area contributed by atoms with Gasteiger partial charge in [0, 0.05) is 34.6 Å². The first-order valence-corrected chi connectivity index (χ1v) is 10.2. The number of anilines is 1. The molecule has 0 unspecified atom stereocenters. The number of nitrogens with zero attached hydrogens (tertiary/aromatic N) is 2. The number of sulfonamides is 1. The number of hydrogen-bond acceptors (Lipinski definition) is 6. The van der Waals surface area contributed by atoms with Crippen LogP contribution in [0, 0.1) is 11.8 Å². The first-order chi connectivity index (χ1) is 13.8. The summed E-state index contributed by atoms with van der Waals surface area (Å²) in [6.07, 6.45) is 4.31. The number of hydrogen-bond donors (Lipinski definition) is 3. The molecule has 0 spiro atoms. The fourth-order valence-electron chi connectivity index (χ4n) is 2.42. The summed E-state index contributed by atoms with van der Waals surface area (Å²) in [5.41, 5.74) is 4.11. The van der Waals surface area contributed by atoms with Gasteiger partial charge in [0.25, 0.3) is 5.91 Å². The highest BCUT2D eigenvalue weighted by molar-refractivity contribution is 7.92. The summed E-state index contributed by atoms with van der Waals surface area (Å²) in [6.45, 7) is 0. The van der Waals surface area contributed by atoms with E-state index in [1.165, 1.54) is 17.6 Å². The van der Waals surface area contributed by atoms with Crippen LogP contribution >= 0.6 is 0 Å². The van der Waals surface area contributed by atoms with E-state index in [1.807, 2.05) is 6.07 Å². The van der Waals surface area contributed by atoms with Crippen molar-refractivity contribution >= 4 is 21.7 Å². The topological polar surface area (TPSA) is 121 Å². The van der Waals surface area contributed by atoms with Crippen LogP contribution in [0.1, 0.15) is 21.5 Å². The van der Waals surface area contributed by atoms with Gasteiger partial charge in [0.1, 0.15) is 5.82 Å². The van der Waals surface area contributed by atoms with Crippen molar-refractivity contribution in [2.45, 2.75) is 0 Å². The van der Waals surface area contributed by atoms with Crippen molar-refractivity contribution in [2.75, 3.05) is 11.0 Å². The van der Waals surface area contributed by atoms with Gasteiger partial charge < -0.3 is 0 Å². The lowest BCUT2D eigenvalue weighted by atomic mass is 10.1. The maximum Gasteiger partial charge on any atom is 0.274 e. The molecule has 0 saturated carbocycles. The molecule has 0 aliphatic heterocycles. The Hall–Kier alpha value is -3.74. The second-order valence-corrected chi connectivity index (χ2v) is 7.76. The van der Waals surface area contributed by atoms with Crippen molar-refractivity contribution in [3.05, 3.63) is 77.6 Å². The molecule has 3 rings (SSSR count). The van der Waals surface area contributed by atoms with E-state index in [0.717, 1.165) is 17.4 Å². The highest BCUT2D eigenvalue weighted by Crippen LogP contribution is 2.22. The molecule has 2 heterocycles. The molecule has 0 atom stereocenters. The Morgan fingerprint density at radius 3 is 2.41 bits per heavy atom. The average Bonchev–Trinajstić information content (AvgIpc) is 2.71. The van der Waals surface area contributed by atoms with Crippen molar-refractivity contribution in [1.29, 1.82) is 0 Å². The first-order valence-electron chi connectivity index (χ1n) is 8.31. The van der Waals surface area contributed by atoms with E-state index in [0.29, 0.717) is 11.3 Å². The van der Waals surface area contributed by atoms with E-state index in [1.54, 1.807) is 42.7 Å². The molecule has 1 aromatic carbocycles. The molecule has 29 heavy (non-hydrogen) atoms. The van der Waals surface area contributed by atoms with Crippen LogP contribution in [0.5, 0.6) is 0 Å². The molecular formula is C20H16N4O4S. The zero-order chi connectivity index (χ0) is 20.9. The van der Waals surface area contributed by atoms with Crippen LogP contribution in [0.2, 0.25) is 0 Å². The monoisotopic (exact) mass is 408 g/mol. The smallest absolute Gasteiger partial charge is 0.274 e. The van der Waals surface area contributed by atoms with Gasteiger partial charge in [0.05, 0.1) is 11.9 Å². The third kappa shape index (κ3) is 5.62. The Morgan fingerprint density at radius 2 is 1.79 bits per heavy atom. The summed E-state index contributed by atoms with van der Waals surface area (Å²) >= 11 is 0. The largest absolute Gasteiger partial charge is 0.288 e. The van der Waals surface area contributed by atoms with E-state index >= 15 is 0 Å². The normalized spacial score (nSPS) is 10.6. The third-order valence-electron chi connectivity index (χ3n) is 3.67. The summed E-state index contributed by atoms with van der Waals surface area (Å²) in [6, 6.07) is 13.4. The van der Waals surface area contributed by atoms with Gasteiger partial charge >= 0.3 is 0 Å². The predicted octanol–water partition coefficient (Wildman–Crippen LogP) is 2.03. The standard InChI is InChI=1S/C20H16N4O4S/c1-29(27,28)24-19-12-17(20(25)23-26)11-18(22-19)16-8-6-14(7-9-16)4-5-15-3-2-10-21-13-15/h2-3,6-13,26H,1H3,(H,22,24)(H,23,25). The molecule has 9 heteroatoms.